The highest BCUT2D eigenvalue weighted by Gasteiger charge is 2.21. The normalized spacial score (nSPS) is 16.8. The minimum atomic E-state index is 0.209. The van der Waals surface area contributed by atoms with Crippen LogP contribution in [0.3, 0.4) is 0 Å². The fourth-order valence-electron chi connectivity index (χ4n) is 1.92. The van der Waals surface area contributed by atoms with E-state index in [1.165, 1.54) is 9.13 Å². The largest absolute Gasteiger partial charge is 0.496 e. The molecule has 0 spiro atoms. The highest BCUT2D eigenvalue weighted by Crippen LogP contribution is 2.29. The molecule has 2 nitrogen and oxygen atoms in total. The van der Waals surface area contributed by atoms with Gasteiger partial charge in [0.1, 0.15) is 5.76 Å². The third-order valence-electron chi connectivity index (χ3n) is 2.64. The second-order valence-electron chi connectivity index (χ2n) is 3.76. The number of ether oxygens (including phenoxy) is 1. The molecule has 2 rings (SSSR count). The first-order chi connectivity index (χ1) is 7.83. The lowest BCUT2D eigenvalue weighted by molar-refractivity contribution is 0.216. The molecule has 1 aliphatic rings. The quantitative estimate of drug-likeness (QED) is 0.857. The highest BCUT2D eigenvalue weighted by atomic mass is 127. The summed E-state index contributed by atoms with van der Waals surface area (Å²) >= 11 is 2.38. The van der Waals surface area contributed by atoms with Gasteiger partial charge in [0.05, 0.1) is 12.6 Å². The van der Waals surface area contributed by atoms with Crippen LogP contribution in [0, 0.1) is 3.57 Å². The van der Waals surface area contributed by atoms with Gasteiger partial charge in [0.2, 0.25) is 0 Å². The van der Waals surface area contributed by atoms with Crippen LogP contribution in [-0.2, 0) is 4.74 Å². The zero-order chi connectivity index (χ0) is 11.4. The van der Waals surface area contributed by atoms with Crippen LogP contribution >= 0.6 is 22.6 Å². The van der Waals surface area contributed by atoms with Crippen molar-refractivity contribution in [2.45, 2.75) is 19.4 Å². The minimum Gasteiger partial charge on any atom is -0.496 e. The molecule has 3 heteroatoms. The van der Waals surface area contributed by atoms with E-state index in [2.05, 4.69) is 65.2 Å². The van der Waals surface area contributed by atoms with E-state index in [4.69, 9.17) is 4.74 Å². The lowest BCUT2D eigenvalue weighted by Gasteiger charge is -2.20. The van der Waals surface area contributed by atoms with Crippen molar-refractivity contribution in [1.29, 1.82) is 0 Å². The number of hydrogen-bond acceptors (Lipinski definition) is 2. The first-order valence-electron chi connectivity index (χ1n) is 5.63. The number of nitrogens with one attached hydrogen (secondary N) is 1. The fraction of sp³-hybridized carbons (Fsp3) is 0.385. The van der Waals surface area contributed by atoms with E-state index in [0.29, 0.717) is 0 Å². The smallest absolute Gasteiger partial charge is 0.114 e. The van der Waals surface area contributed by atoms with E-state index in [9.17, 15) is 0 Å². The Balaban J connectivity index is 2.28. The molecule has 86 valence electrons. The molecular formula is C13H16INO. The van der Waals surface area contributed by atoms with Gasteiger partial charge in [-0.2, -0.15) is 0 Å². The first-order valence-corrected chi connectivity index (χ1v) is 6.71. The summed E-state index contributed by atoms with van der Waals surface area (Å²) in [5, 5.41) is 3.48. The molecule has 1 N–H and O–H groups in total. The van der Waals surface area contributed by atoms with Crippen molar-refractivity contribution in [3.63, 3.8) is 0 Å². The van der Waals surface area contributed by atoms with E-state index in [1.807, 2.05) is 0 Å². The highest BCUT2D eigenvalue weighted by molar-refractivity contribution is 14.1. The van der Waals surface area contributed by atoms with E-state index in [-0.39, 0.29) is 6.04 Å². The van der Waals surface area contributed by atoms with Gasteiger partial charge in [-0.25, -0.2) is 0 Å². The number of likely N-dealkylation sites (N-methyl/N-ethyl adjacent to an activating group) is 1. The van der Waals surface area contributed by atoms with E-state index < -0.39 is 0 Å². The van der Waals surface area contributed by atoms with Gasteiger partial charge in [0, 0.05) is 9.99 Å². The van der Waals surface area contributed by atoms with Crippen LogP contribution in [0.1, 0.15) is 24.9 Å². The van der Waals surface area contributed by atoms with Crippen LogP contribution in [-0.4, -0.2) is 13.2 Å². The third-order valence-corrected chi connectivity index (χ3v) is 3.62. The molecule has 0 saturated carbocycles. The molecule has 16 heavy (non-hydrogen) atoms. The molecule has 1 unspecified atom stereocenters. The molecule has 0 radical (unpaired) electrons. The molecule has 0 saturated heterocycles. The topological polar surface area (TPSA) is 21.3 Å². The predicted molar refractivity (Wildman–Crippen MR) is 74.2 cm³/mol. The summed E-state index contributed by atoms with van der Waals surface area (Å²) in [6.45, 7) is 3.88. The molecule has 1 aromatic carbocycles. The van der Waals surface area contributed by atoms with Crippen molar-refractivity contribution in [3.8, 4) is 0 Å². The number of rotatable bonds is 4. The van der Waals surface area contributed by atoms with Gasteiger partial charge in [-0.1, -0.05) is 25.1 Å². The van der Waals surface area contributed by atoms with E-state index in [1.54, 1.807) is 0 Å². The van der Waals surface area contributed by atoms with Crippen LogP contribution in [0.15, 0.2) is 36.1 Å². The van der Waals surface area contributed by atoms with Gasteiger partial charge >= 0.3 is 0 Å². The Morgan fingerprint density at radius 3 is 2.88 bits per heavy atom. The van der Waals surface area contributed by atoms with Crippen LogP contribution in [0.5, 0.6) is 0 Å². The molecule has 1 heterocycles. The van der Waals surface area contributed by atoms with Gasteiger partial charge < -0.3 is 10.1 Å². The number of hydrogen-bond donors (Lipinski definition) is 1. The molecule has 0 bridgehead atoms. The van der Waals surface area contributed by atoms with Crippen LogP contribution in [0.25, 0.3) is 0 Å². The fourth-order valence-corrected chi connectivity index (χ4v) is 2.61. The summed E-state index contributed by atoms with van der Waals surface area (Å²) in [4.78, 5) is 0. The van der Waals surface area contributed by atoms with Gasteiger partial charge in [-0.3, -0.25) is 0 Å². The summed E-state index contributed by atoms with van der Waals surface area (Å²) in [6.07, 6.45) is 3.22. The van der Waals surface area contributed by atoms with Crippen molar-refractivity contribution in [2.24, 2.45) is 0 Å². The van der Waals surface area contributed by atoms with Crippen molar-refractivity contribution >= 4 is 22.6 Å². The summed E-state index contributed by atoms with van der Waals surface area (Å²) in [5.74, 6) is 1.07. The average molecular weight is 329 g/mol. The van der Waals surface area contributed by atoms with Gasteiger partial charge in [-0.15, -0.1) is 0 Å². The maximum atomic E-state index is 5.67. The maximum absolute atomic E-state index is 5.67. The summed E-state index contributed by atoms with van der Waals surface area (Å²) in [7, 11) is 0. The van der Waals surface area contributed by atoms with Crippen molar-refractivity contribution in [2.75, 3.05) is 13.2 Å². The summed E-state index contributed by atoms with van der Waals surface area (Å²) in [6, 6.07) is 8.66. The molecule has 0 aromatic heterocycles. The minimum absolute atomic E-state index is 0.209. The van der Waals surface area contributed by atoms with Crippen molar-refractivity contribution in [3.05, 3.63) is 45.2 Å². The van der Waals surface area contributed by atoms with Gasteiger partial charge in [0.15, 0.2) is 0 Å². The molecule has 1 aromatic rings. The first kappa shape index (κ1) is 11.9. The second kappa shape index (κ2) is 5.68. The Labute approximate surface area is 110 Å². The van der Waals surface area contributed by atoms with E-state index in [0.717, 1.165) is 25.3 Å². The van der Waals surface area contributed by atoms with Crippen molar-refractivity contribution < 1.29 is 4.74 Å². The van der Waals surface area contributed by atoms with Crippen LogP contribution in [0.2, 0.25) is 0 Å². The lowest BCUT2D eigenvalue weighted by atomic mass is 10.0. The Hall–Kier alpha value is -0.550. The molecule has 0 aliphatic carbocycles. The average Bonchev–Trinajstić information content (AvgIpc) is 2.80. The van der Waals surface area contributed by atoms with E-state index >= 15 is 0 Å². The molecular weight excluding hydrogens is 313 g/mol. The zero-order valence-electron chi connectivity index (χ0n) is 9.37. The lowest BCUT2D eigenvalue weighted by Crippen LogP contribution is -2.23. The molecule has 1 aliphatic heterocycles. The van der Waals surface area contributed by atoms with Gasteiger partial charge in [0.25, 0.3) is 0 Å². The Kier molecular flexibility index (Phi) is 4.23. The predicted octanol–water partition coefficient (Wildman–Crippen LogP) is 3.25. The second-order valence-corrected chi connectivity index (χ2v) is 4.92. The van der Waals surface area contributed by atoms with Gasteiger partial charge in [-0.05, 0) is 46.8 Å². The van der Waals surface area contributed by atoms with Crippen LogP contribution < -0.4 is 5.32 Å². The van der Waals surface area contributed by atoms with Crippen molar-refractivity contribution in [1.82, 2.24) is 5.32 Å². The number of halogens is 1. The van der Waals surface area contributed by atoms with Crippen LogP contribution in [0.4, 0.5) is 0 Å². The standard InChI is InChI=1S/C13H16INO/c1-2-15-13(12-8-5-9-16-12)10-6-3-4-7-11(10)14/h3-4,6-8,13,15H,2,5,9H2,1H3. The monoisotopic (exact) mass is 329 g/mol. The Morgan fingerprint density at radius 1 is 1.44 bits per heavy atom. The third kappa shape index (κ3) is 2.58. The number of benzene rings is 1. The summed E-state index contributed by atoms with van der Waals surface area (Å²) < 4.78 is 6.95. The Morgan fingerprint density at radius 2 is 2.25 bits per heavy atom. The molecule has 0 amide bonds. The molecule has 0 fully saturated rings. The summed E-state index contributed by atoms with van der Waals surface area (Å²) in [5.41, 5.74) is 1.30. The molecule has 1 atom stereocenters. The SMILES string of the molecule is CCNC(C1=CCCO1)c1ccccc1I. The Bertz CT molecular complexity index is 389. The zero-order valence-corrected chi connectivity index (χ0v) is 11.5. The maximum Gasteiger partial charge on any atom is 0.114 e.